The van der Waals surface area contributed by atoms with Gasteiger partial charge in [-0.1, -0.05) is 18.2 Å². The van der Waals surface area contributed by atoms with Crippen LogP contribution >= 0.6 is 0 Å². The van der Waals surface area contributed by atoms with E-state index < -0.39 is 0 Å². The molecule has 0 spiro atoms. The first-order valence-electron chi connectivity index (χ1n) is 9.18. The smallest absolute Gasteiger partial charge is 0.350 e. The van der Waals surface area contributed by atoms with Crippen molar-refractivity contribution in [2.45, 2.75) is 20.4 Å². The number of carbonyl (C=O) groups excluding carboxylic acids is 1. The van der Waals surface area contributed by atoms with Gasteiger partial charge >= 0.3 is 5.69 Å². The predicted octanol–water partition coefficient (Wildman–Crippen LogP) is 1.46. The number of nitrogens with zero attached hydrogens (tertiary/aromatic N) is 5. The fraction of sp³-hybridized carbons (Fsp3) is 0.350. The molecule has 7 heteroatoms. The van der Waals surface area contributed by atoms with Gasteiger partial charge in [0.2, 0.25) is 5.91 Å². The first-order chi connectivity index (χ1) is 13.0. The van der Waals surface area contributed by atoms with Crippen molar-refractivity contribution >= 4 is 17.2 Å². The van der Waals surface area contributed by atoms with Crippen molar-refractivity contribution in [3.63, 3.8) is 0 Å². The van der Waals surface area contributed by atoms with Crippen molar-refractivity contribution in [2.24, 2.45) is 0 Å². The molecule has 3 aromatic rings. The van der Waals surface area contributed by atoms with Gasteiger partial charge < -0.3 is 9.80 Å². The molecule has 1 aromatic carbocycles. The number of aryl methyl sites for hydroxylation is 1. The van der Waals surface area contributed by atoms with Gasteiger partial charge in [-0.3, -0.25) is 9.20 Å². The van der Waals surface area contributed by atoms with Crippen molar-refractivity contribution in [3.05, 3.63) is 64.2 Å². The van der Waals surface area contributed by atoms with Gasteiger partial charge in [0, 0.05) is 38.1 Å². The number of pyridine rings is 1. The second-order valence-electron chi connectivity index (χ2n) is 6.96. The van der Waals surface area contributed by atoms with E-state index in [0.29, 0.717) is 18.7 Å². The largest absolute Gasteiger partial charge is 0.368 e. The summed E-state index contributed by atoms with van der Waals surface area (Å²) in [5, 5.41) is 4.24. The van der Waals surface area contributed by atoms with Crippen LogP contribution in [0.25, 0.3) is 5.65 Å². The molecule has 0 aliphatic carbocycles. The average Bonchev–Trinajstić information content (AvgIpc) is 3.00. The maximum Gasteiger partial charge on any atom is 0.350 e. The number of carbonyl (C=O) groups is 1. The molecule has 0 N–H and O–H groups in total. The summed E-state index contributed by atoms with van der Waals surface area (Å²) in [7, 11) is 0. The molecule has 0 radical (unpaired) electrons. The van der Waals surface area contributed by atoms with Crippen LogP contribution in [-0.2, 0) is 11.3 Å². The van der Waals surface area contributed by atoms with E-state index in [1.165, 1.54) is 25.9 Å². The highest BCUT2D eigenvalue weighted by atomic mass is 16.2. The lowest BCUT2D eigenvalue weighted by Crippen LogP contribution is -2.50. The van der Waals surface area contributed by atoms with E-state index in [1.807, 2.05) is 11.0 Å². The fourth-order valence-electron chi connectivity index (χ4n) is 3.57. The summed E-state index contributed by atoms with van der Waals surface area (Å²) in [6.45, 7) is 7.10. The number of rotatable bonds is 3. The van der Waals surface area contributed by atoms with Crippen molar-refractivity contribution < 1.29 is 4.79 Å². The van der Waals surface area contributed by atoms with Crippen molar-refractivity contribution in [2.75, 3.05) is 31.1 Å². The third-order valence-electron chi connectivity index (χ3n) is 5.32. The van der Waals surface area contributed by atoms with Crippen LogP contribution in [0.5, 0.6) is 0 Å². The molecule has 2 aromatic heterocycles. The Labute approximate surface area is 157 Å². The monoisotopic (exact) mass is 365 g/mol. The molecule has 3 heterocycles. The molecule has 0 saturated carbocycles. The molecule has 0 bridgehead atoms. The van der Waals surface area contributed by atoms with Gasteiger partial charge in [-0.15, -0.1) is 5.10 Å². The average molecular weight is 365 g/mol. The summed E-state index contributed by atoms with van der Waals surface area (Å²) in [5.41, 5.74) is 4.06. The van der Waals surface area contributed by atoms with Gasteiger partial charge in [0.1, 0.15) is 6.54 Å². The topological polar surface area (TPSA) is 62.9 Å². The van der Waals surface area contributed by atoms with Crippen LogP contribution in [0.1, 0.15) is 11.1 Å². The zero-order valence-electron chi connectivity index (χ0n) is 15.6. The van der Waals surface area contributed by atoms with Gasteiger partial charge in [-0.05, 0) is 43.2 Å². The Morgan fingerprint density at radius 2 is 1.81 bits per heavy atom. The third-order valence-corrected chi connectivity index (χ3v) is 5.32. The SMILES string of the molecule is Cc1cccc(N2CCN(C(=O)Cn3nc4ccccn4c3=O)CC2)c1C. The zero-order valence-corrected chi connectivity index (χ0v) is 15.6. The van der Waals surface area contributed by atoms with E-state index >= 15 is 0 Å². The molecule has 1 saturated heterocycles. The summed E-state index contributed by atoms with van der Waals surface area (Å²) in [6.07, 6.45) is 1.66. The minimum Gasteiger partial charge on any atom is -0.368 e. The summed E-state index contributed by atoms with van der Waals surface area (Å²) in [6, 6.07) is 11.7. The Morgan fingerprint density at radius 3 is 2.56 bits per heavy atom. The highest BCUT2D eigenvalue weighted by molar-refractivity contribution is 5.76. The molecular weight excluding hydrogens is 342 g/mol. The summed E-state index contributed by atoms with van der Waals surface area (Å²) >= 11 is 0. The molecule has 4 rings (SSSR count). The van der Waals surface area contributed by atoms with Gasteiger partial charge in [-0.2, -0.15) is 0 Å². The Balaban J connectivity index is 1.43. The van der Waals surface area contributed by atoms with Crippen molar-refractivity contribution in [1.82, 2.24) is 19.1 Å². The number of anilines is 1. The van der Waals surface area contributed by atoms with Crippen molar-refractivity contribution in [3.8, 4) is 0 Å². The molecule has 140 valence electrons. The molecule has 0 unspecified atom stereocenters. The van der Waals surface area contributed by atoms with Crippen LogP contribution in [0.4, 0.5) is 5.69 Å². The second-order valence-corrected chi connectivity index (χ2v) is 6.96. The van der Waals surface area contributed by atoms with Gasteiger partial charge in [-0.25, -0.2) is 9.48 Å². The van der Waals surface area contributed by atoms with Crippen LogP contribution < -0.4 is 10.6 Å². The van der Waals surface area contributed by atoms with Gasteiger partial charge in [0.05, 0.1) is 0 Å². The third kappa shape index (κ3) is 3.20. The number of benzene rings is 1. The van der Waals surface area contributed by atoms with E-state index in [0.717, 1.165) is 13.1 Å². The number of fused-ring (bicyclic) bond motifs is 1. The second kappa shape index (κ2) is 6.90. The van der Waals surface area contributed by atoms with Crippen LogP contribution in [-0.4, -0.2) is 51.2 Å². The minimum absolute atomic E-state index is 0.0238. The maximum absolute atomic E-state index is 12.7. The van der Waals surface area contributed by atoms with Crippen LogP contribution in [0.3, 0.4) is 0 Å². The van der Waals surface area contributed by atoms with Crippen molar-refractivity contribution in [1.29, 1.82) is 0 Å². The van der Waals surface area contributed by atoms with E-state index in [4.69, 9.17) is 0 Å². The minimum atomic E-state index is -0.284. The lowest BCUT2D eigenvalue weighted by Gasteiger charge is -2.37. The number of hydrogen-bond donors (Lipinski definition) is 0. The highest BCUT2D eigenvalue weighted by Gasteiger charge is 2.23. The zero-order chi connectivity index (χ0) is 19.0. The summed E-state index contributed by atoms with van der Waals surface area (Å²) in [5.74, 6) is -0.0684. The van der Waals surface area contributed by atoms with Crippen LogP contribution in [0.2, 0.25) is 0 Å². The standard InChI is InChI=1S/C20H23N5O2/c1-15-6-5-7-17(16(15)2)22-10-12-23(13-11-22)19(26)14-25-20(27)24-9-4-3-8-18(24)21-25/h3-9H,10-14H2,1-2H3. The number of piperazine rings is 1. The molecular formula is C20H23N5O2. The first-order valence-corrected chi connectivity index (χ1v) is 9.18. The first kappa shape index (κ1) is 17.3. The molecule has 1 aliphatic rings. The van der Waals surface area contributed by atoms with Crippen LogP contribution in [0, 0.1) is 13.8 Å². The van der Waals surface area contributed by atoms with Crippen LogP contribution in [0.15, 0.2) is 47.4 Å². The summed E-state index contributed by atoms with van der Waals surface area (Å²) in [4.78, 5) is 29.1. The maximum atomic E-state index is 12.7. The fourth-order valence-corrected chi connectivity index (χ4v) is 3.57. The van der Waals surface area contributed by atoms with Gasteiger partial charge in [0.25, 0.3) is 0 Å². The molecule has 1 fully saturated rings. The van der Waals surface area contributed by atoms with E-state index in [9.17, 15) is 9.59 Å². The van der Waals surface area contributed by atoms with E-state index in [2.05, 4.69) is 42.0 Å². The highest BCUT2D eigenvalue weighted by Crippen LogP contribution is 2.23. The Morgan fingerprint density at radius 1 is 1.04 bits per heavy atom. The summed E-state index contributed by atoms with van der Waals surface area (Å²) < 4.78 is 2.69. The number of hydrogen-bond acceptors (Lipinski definition) is 4. The Bertz CT molecular complexity index is 1040. The number of amides is 1. The molecule has 1 amide bonds. The predicted molar refractivity (Wildman–Crippen MR) is 104 cm³/mol. The lowest BCUT2D eigenvalue weighted by atomic mass is 10.1. The quantitative estimate of drug-likeness (QED) is 0.705. The molecule has 1 aliphatic heterocycles. The number of aromatic nitrogens is 3. The Hall–Kier alpha value is -3.09. The van der Waals surface area contributed by atoms with E-state index in [1.54, 1.807) is 18.3 Å². The Kier molecular flexibility index (Phi) is 4.43. The molecule has 0 atom stereocenters. The lowest BCUT2D eigenvalue weighted by molar-refractivity contribution is -0.132. The van der Waals surface area contributed by atoms with E-state index in [-0.39, 0.29) is 18.1 Å². The normalized spacial score (nSPS) is 14.7. The molecule has 7 nitrogen and oxygen atoms in total. The molecule has 27 heavy (non-hydrogen) atoms. The van der Waals surface area contributed by atoms with Gasteiger partial charge in [0.15, 0.2) is 5.65 Å².